The van der Waals surface area contributed by atoms with Gasteiger partial charge in [0.15, 0.2) is 0 Å². The molecular formula is C12H17NO3S. The van der Waals surface area contributed by atoms with Gasteiger partial charge in [0.1, 0.15) is 0 Å². The summed E-state index contributed by atoms with van der Waals surface area (Å²) in [4.78, 5) is 0.309. The molecule has 1 saturated heterocycles. The quantitative estimate of drug-likeness (QED) is 0.873. The van der Waals surface area contributed by atoms with Crippen LogP contribution in [0.4, 0.5) is 0 Å². The lowest BCUT2D eigenvalue weighted by Crippen LogP contribution is -2.53. The van der Waals surface area contributed by atoms with Crippen molar-refractivity contribution in [3.8, 4) is 0 Å². The van der Waals surface area contributed by atoms with E-state index in [1.807, 2.05) is 12.1 Å². The Hall–Kier alpha value is -0.910. The van der Waals surface area contributed by atoms with Crippen LogP contribution in [0.3, 0.4) is 0 Å². The highest BCUT2D eigenvalue weighted by Gasteiger charge is 2.35. The van der Waals surface area contributed by atoms with Crippen molar-refractivity contribution in [2.45, 2.75) is 30.8 Å². The van der Waals surface area contributed by atoms with Crippen LogP contribution in [0, 0.1) is 0 Å². The largest absolute Gasteiger partial charge is 0.390 e. The molecule has 1 fully saturated rings. The van der Waals surface area contributed by atoms with E-state index in [1.54, 1.807) is 12.1 Å². The van der Waals surface area contributed by atoms with Crippen LogP contribution in [-0.2, 0) is 16.4 Å². The van der Waals surface area contributed by atoms with Gasteiger partial charge in [0.2, 0.25) is 10.0 Å². The molecule has 1 aliphatic heterocycles. The molecule has 0 bridgehead atoms. The van der Waals surface area contributed by atoms with Crippen LogP contribution < -0.4 is 0 Å². The minimum absolute atomic E-state index is 0.207. The van der Waals surface area contributed by atoms with Crippen LogP contribution in [0.1, 0.15) is 18.9 Å². The second kappa shape index (κ2) is 4.76. The highest BCUT2D eigenvalue weighted by atomic mass is 32.2. The van der Waals surface area contributed by atoms with Crippen molar-refractivity contribution in [1.82, 2.24) is 4.31 Å². The van der Waals surface area contributed by atoms with E-state index in [-0.39, 0.29) is 13.1 Å². The molecule has 17 heavy (non-hydrogen) atoms. The van der Waals surface area contributed by atoms with Gasteiger partial charge in [0, 0.05) is 13.1 Å². The van der Waals surface area contributed by atoms with Crippen molar-refractivity contribution in [1.29, 1.82) is 0 Å². The highest BCUT2D eigenvalue weighted by molar-refractivity contribution is 7.89. The molecule has 0 radical (unpaired) electrons. The number of hydrogen-bond donors (Lipinski definition) is 1. The Morgan fingerprint density at radius 1 is 1.29 bits per heavy atom. The van der Waals surface area contributed by atoms with Crippen molar-refractivity contribution in [3.63, 3.8) is 0 Å². The third-order valence-corrected chi connectivity index (χ3v) is 4.77. The number of rotatable bonds is 4. The van der Waals surface area contributed by atoms with Crippen LogP contribution in [0.5, 0.6) is 0 Å². The Morgan fingerprint density at radius 3 is 2.35 bits per heavy atom. The van der Waals surface area contributed by atoms with Crippen LogP contribution in [0.2, 0.25) is 0 Å². The summed E-state index contributed by atoms with van der Waals surface area (Å²) in [6.07, 6.45) is 1.50. The highest BCUT2D eigenvalue weighted by Crippen LogP contribution is 2.21. The first kappa shape index (κ1) is 12.5. The van der Waals surface area contributed by atoms with Crippen LogP contribution in [0.15, 0.2) is 29.2 Å². The van der Waals surface area contributed by atoms with Crippen LogP contribution >= 0.6 is 0 Å². The Kier molecular flexibility index (Phi) is 3.51. The zero-order valence-electron chi connectivity index (χ0n) is 9.83. The van der Waals surface area contributed by atoms with E-state index in [2.05, 4.69) is 6.92 Å². The monoisotopic (exact) mass is 255 g/mol. The van der Waals surface area contributed by atoms with E-state index in [9.17, 15) is 8.42 Å². The summed E-state index contributed by atoms with van der Waals surface area (Å²) < 4.78 is 25.4. The van der Waals surface area contributed by atoms with E-state index in [0.717, 1.165) is 18.4 Å². The molecule has 1 heterocycles. The van der Waals surface area contributed by atoms with Crippen molar-refractivity contribution < 1.29 is 13.5 Å². The van der Waals surface area contributed by atoms with Gasteiger partial charge in [-0.25, -0.2) is 8.42 Å². The predicted octanol–water partition coefficient (Wildman–Crippen LogP) is 1.00. The summed E-state index contributed by atoms with van der Waals surface area (Å²) in [5, 5.41) is 9.14. The standard InChI is InChI=1S/C12H17NO3S/c1-2-3-10-4-6-12(7-5-10)17(15,16)13-8-11(14)9-13/h4-7,11,14H,2-3,8-9H2,1H3. The van der Waals surface area contributed by atoms with Gasteiger partial charge in [0.05, 0.1) is 11.0 Å². The van der Waals surface area contributed by atoms with E-state index in [0.29, 0.717) is 4.90 Å². The molecule has 0 amide bonds. The first-order valence-electron chi connectivity index (χ1n) is 5.81. The molecule has 1 aromatic carbocycles. The fourth-order valence-corrected chi connectivity index (χ4v) is 3.39. The lowest BCUT2D eigenvalue weighted by Gasteiger charge is -2.34. The molecule has 1 aliphatic rings. The average Bonchev–Trinajstić information content (AvgIpc) is 2.26. The summed E-state index contributed by atoms with van der Waals surface area (Å²) in [5.41, 5.74) is 1.15. The number of sulfonamides is 1. The minimum atomic E-state index is -3.39. The van der Waals surface area contributed by atoms with Gasteiger partial charge in [-0.3, -0.25) is 0 Å². The van der Waals surface area contributed by atoms with E-state index >= 15 is 0 Å². The topological polar surface area (TPSA) is 57.6 Å². The summed E-state index contributed by atoms with van der Waals surface area (Å²) in [6, 6.07) is 7.00. The molecule has 2 rings (SSSR count). The number of aliphatic hydroxyl groups excluding tert-OH is 1. The summed E-state index contributed by atoms with van der Waals surface area (Å²) >= 11 is 0. The van der Waals surface area contributed by atoms with Gasteiger partial charge < -0.3 is 5.11 Å². The molecule has 1 aromatic rings. The number of nitrogens with zero attached hydrogens (tertiary/aromatic N) is 1. The van der Waals surface area contributed by atoms with Crippen molar-refractivity contribution >= 4 is 10.0 Å². The predicted molar refractivity (Wildman–Crippen MR) is 65.2 cm³/mol. The first-order chi connectivity index (χ1) is 8.04. The fourth-order valence-electron chi connectivity index (χ4n) is 1.88. The second-order valence-electron chi connectivity index (χ2n) is 4.37. The molecule has 1 N–H and O–H groups in total. The summed E-state index contributed by atoms with van der Waals surface area (Å²) in [6.45, 7) is 2.50. The second-order valence-corrected chi connectivity index (χ2v) is 6.31. The number of aryl methyl sites for hydroxylation is 1. The van der Waals surface area contributed by atoms with Crippen LogP contribution in [-0.4, -0.2) is 37.0 Å². The van der Waals surface area contributed by atoms with Crippen molar-refractivity contribution in [3.05, 3.63) is 29.8 Å². The molecule has 0 aromatic heterocycles. The molecule has 0 atom stereocenters. The Balaban J connectivity index is 2.16. The average molecular weight is 255 g/mol. The molecule has 4 nitrogen and oxygen atoms in total. The maximum Gasteiger partial charge on any atom is 0.243 e. The van der Waals surface area contributed by atoms with Crippen molar-refractivity contribution in [2.24, 2.45) is 0 Å². The van der Waals surface area contributed by atoms with Gasteiger partial charge >= 0.3 is 0 Å². The van der Waals surface area contributed by atoms with E-state index < -0.39 is 16.1 Å². The normalized spacial score (nSPS) is 18.0. The number of hydrogen-bond acceptors (Lipinski definition) is 3. The SMILES string of the molecule is CCCc1ccc(S(=O)(=O)N2CC(O)C2)cc1. The Bertz CT molecular complexity index is 475. The summed E-state index contributed by atoms with van der Waals surface area (Å²) in [7, 11) is -3.39. The van der Waals surface area contributed by atoms with Gasteiger partial charge in [-0.15, -0.1) is 0 Å². The van der Waals surface area contributed by atoms with Crippen molar-refractivity contribution in [2.75, 3.05) is 13.1 Å². The number of aliphatic hydroxyl groups is 1. The van der Waals surface area contributed by atoms with Gasteiger partial charge in [-0.1, -0.05) is 25.5 Å². The molecule has 94 valence electrons. The van der Waals surface area contributed by atoms with E-state index in [4.69, 9.17) is 5.11 Å². The Morgan fingerprint density at radius 2 is 1.88 bits per heavy atom. The van der Waals surface area contributed by atoms with Gasteiger partial charge in [0.25, 0.3) is 0 Å². The lowest BCUT2D eigenvalue weighted by molar-refractivity contribution is 0.0548. The summed E-state index contributed by atoms with van der Waals surface area (Å²) in [5.74, 6) is 0. The third-order valence-electron chi connectivity index (χ3n) is 2.93. The molecule has 0 spiro atoms. The van der Waals surface area contributed by atoms with Gasteiger partial charge in [-0.2, -0.15) is 4.31 Å². The maximum absolute atomic E-state index is 12.0. The Labute approximate surface area is 102 Å². The maximum atomic E-state index is 12.0. The zero-order chi connectivity index (χ0) is 12.5. The smallest absolute Gasteiger partial charge is 0.243 e. The molecule has 5 heteroatoms. The molecular weight excluding hydrogens is 238 g/mol. The fraction of sp³-hybridized carbons (Fsp3) is 0.500. The molecule has 0 saturated carbocycles. The number of benzene rings is 1. The zero-order valence-corrected chi connectivity index (χ0v) is 10.7. The third kappa shape index (κ3) is 2.51. The molecule has 0 aliphatic carbocycles. The van der Waals surface area contributed by atoms with Gasteiger partial charge in [-0.05, 0) is 24.1 Å². The first-order valence-corrected chi connectivity index (χ1v) is 7.25. The molecule has 0 unspecified atom stereocenters. The van der Waals surface area contributed by atoms with E-state index in [1.165, 1.54) is 4.31 Å². The van der Waals surface area contributed by atoms with Crippen LogP contribution in [0.25, 0.3) is 0 Å². The minimum Gasteiger partial charge on any atom is -0.390 e. The lowest BCUT2D eigenvalue weighted by atomic mass is 10.1. The number of β-amino-alcohol motifs (C(OH)–C–C–N with tert-alkyl or cyclic N) is 1.